The maximum absolute atomic E-state index is 3.90. The highest BCUT2D eigenvalue weighted by molar-refractivity contribution is 4.92. The van der Waals surface area contributed by atoms with Crippen molar-refractivity contribution in [2.75, 3.05) is 6.54 Å². The standard InChI is InChI=1S/C17H33N/c1-5-10-18-17(14(4)15-8-9-15)16-7-6-12(2)13(3)11-16/h12-18H,5-11H2,1-4H3. The zero-order valence-electron chi connectivity index (χ0n) is 12.9. The van der Waals surface area contributed by atoms with Crippen molar-refractivity contribution in [2.24, 2.45) is 29.6 Å². The van der Waals surface area contributed by atoms with E-state index >= 15 is 0 Å². The van der Waals surface area contributed by atoms with E-state index in [1.54, 1.807) is 0 Å². The van der Waals surface area contributed by atoms with Crippen molar-refractivity contribution in [3.05, 3.63) is 0 Å². The van der Waals surface area contributed by atoms with Crippen LogP contribution in [0.15, 0.2) is 0 Å². The van der Waals surface area contributed by atoms with Crippen LogP contribution in [0.1, 0.15) is 66.2 Å². The van der Waals surface area contributed by atoms with Crippen LogP contribution in [0.4, 0.5) is 0 Å². The molecule has 106 valence electrons. The highest BCUT2D eigenvalue weighted by atomic mass is 14.9. The summed E-state index contributed by atoms with van der Waals surface area (Å²) in [5.74, 6) is 4.76. The zero-order valence-corrected chi connectivity index (χ0v) is 12.9. The van der Waals surface area contributed by atoms with E-state index in [9.17, 15) is 0 Å². The Kier molecular flexibility index (Phi) is 5.12. The van der Waals surface area contributed by atoms with E-state index in [4.69, 9.17) is 0 Å². The number of rotatable bonds is 6. The van der Waals surface area contributed by atoms with Crippen molar-refractivity contribution in [3.63, 3.8) is 0 Å². The molecule has 2 aliphatic carbocycles. The lowest BCUT2D eigenvalue weighted by Crippen LogP contribution is -2.44. The third-order valence-electron chi connectivity index (χ3n) is 5.71. The topological polar surface area (TPSA) is 12.0 Å². The average molecular weight is 251 g/mol. The molecule has 0 bridgehead atoms. The fourth-order valence-corrected chi connectivity index (χ4v) is 3.92. The molecule has 0 heterocycles. The number of hydrogen-bond donors (Lipinski definition) is 1. The van der Waals surface area contributed by atoms with Crippen molar-refractivity contribution in [1.82, 2.24) is 5.32 Å². The van der Waals surface area contributed by atoms with E-state index in [-0.39, 0.29) is 0 Å². The summed E-state index contributed by atoms with van der Waals surface area (Å²) >= 11 is 0. The molecular weight excluding hydrogens is 218 g/mol. The van der Waals surface area contributed by atoms with Crippen LogP contribution in [0.2, 0.25) is 0 Å². The van der Waals surface area contributed by atoms with Crippen LogP contribution in [0.25, 0.3) is 0 Å². The Morgan fingerprint density at radius 3 is 2.22 bits per heavy atom. The van der Waals surface area contributed by atoms with Crippen molar-refractivity contribution in [2.45, 2.75) is 72.3 Å². The lowest BCUT2D eigenvalue weighted by molar-refractivity contribution is 0.138. The lowest BCUT2D eigenvalue weighted by atomic mass is 9.70. The van der Waals surface area contributed by atoms with Gasteiger partial charge in [-0.1, -0.05) is 34.1 Å². The lowest BCUT2D eigenvalue weighted by Gasteiger charge is -2.40. The van der Waals surface area contributed by atoms with Crippen molar-refractivity contribution >= 4 is 0 Å². The van der Waals surface area contributed by atoms with Gasteiger partial charge in [0.05, 0.1) is 0 Å². The molecule has 5 atom stereocenters. The van der Waals surface area contributed by atoms with E-state index in [0.29, 0.717) is 0 Å². The minimum atomic E-state index is 0.799. The summed E-state index contributed by atoms with van der Waals surface area (Å²) in [7, 11) is 0. The summed E-state index contributed by atoms with van der Waals surface area (Å²) < 4.78 is 0. The highest BCUT2D eigenvalue weighted by Crippen LogP contribution is 2.43. The summed E-state index contributed by atoms with van der Waals surface area (Å²) in [6.45, 7) is 10.9. The van der Waals surface area contributed by atoms with Crippen LogP contribution in [-0.4, -0.2) is 12.6 Å². The number of nitrogens with one attached hydrogen (secondary N) is 1. The fraction of sp³-hybridized carbons (Fsp3) is 1.00. The molecule has 0 saturated heterocycles. The Morgan fingerprint density at radius 1 is 1.00 bits per heavy atom. The van der Waals surface area contributed by atoms with E-state index in [1.165, 1.54) is 45.1 Å². The maximum atomic E-state index is 3.90. The molecule has 1 nitrogen and oxygen atoms in total. The summed E-state index contributed by atoms with van der Waals surface area (Å²) in [6, 6.07) is 0.799. The maximum Gasteiger partial charge on any atom is 0.0124 e. The Labute approximate surface area is 114 Å². The van der Waals surface area contributed by atoms with Gasteiger partial charge in [-0.3, -0.25) is 0 Å². The highest BCUT2D eigenvalue weighted by Gasteiger charge is 2.38. The van der Waals surface area contributed by atoms with Gasteiger partial charge in [-0.05, 0) is 68.2 Å². The molecule has 5 unspecified atom stereocenters. The molecule has 2 saturated carbocycles. The molecule has 1 heteroatoms. The van der Waals surface area contributed by atoms with Crippen LogP contribution in [0, 0.1) is 29.6 Å². The van der Waals surface area contributed by atoms with Crippen molar-refractivity contribution < 1.29 is 0 Å². The molecule has 2 aliphatic rings. The first-order valence-electron chi connectivity index (χ1n) is 8.36. The predicted octanol–water partition coefficient (Wildman–Crippen LogP) is 4.47. The molecule has 2 fully saturated rings. The molecule has 0 aromatic carbocycles. The largest absolute Gasteiger partial charge is 0.313 e. The fourth-order valence-electron chi connectivity index (χ4n) is 3.92. The molecule has 18 heavy (non-hydrogen) atoms. The van der Waals surface area contributed by atoms with Gasteiger partial charge in [0.25, 0.3) is 0 Å². The SMILES string of the molecule is CCCNC(C1CCC(C)C(C)C1)C(C)C1CC1. The first-order valence-corrected chi connectivity index (χ1v) is 8.36. The first-order chi connectivity index (χ1) is 8.63. The van der Waals surface area contributed by atoms with Crippen LogP contribution < -0.4 is 5.32 Å². The summed E-state index contributed by atoms with van der Waals surface area (Å²) in [4.78, 5) is 0. The predicted molar refractivity (Wildman–Crippen MR) is 79.6 cm³/mol. The van der Waals surface area contributed by atoms with E-state index in [2.05, 4.69) is 33.0 Å². The van der Waals surface area contributed by atoms with Gasteiger partial charge in [-0.2, -0.15) is 0 Å². The summed E-state index contributed by atoms with van der Waals surface area (Å²) in [6.07, 6.45) is 8.62. The van der Waals surface area contributed by atoms with Gasteiger partial charge in [0.2, 0.25) is 0 Å². The van der Waals surface area contributed by atoms with Crippen molar-refractivity contribution in [1.29, 1.82) is 0 Å². The smallest absolute Gasteiger partial charge is 0.0124 e. The Hall–Kier alpha value is -0.0400. The molecule has 0 aliphatic heterocycles. The average Bonchev–Trinajstić information content (AvgIpc) is 3.18. The Balaban J connectivity index is 1.94. The third kappa shape index (κ3) is 3.50. The van der Waals surface area contributed by atoms with E-state index < -0.39 is 0 Å². The zero-order chi connectivity index (χ0) is 13.1. The molecule has 2 rings (SSSR count). The van der Waals surface area contributed by atoms with Gasteiger partial charge in [0.1, 0.15) is 0 Å². The molecule has 0 radical (unpaired) electrons. The molecule has 0 spiro atoms. The molecule has 0 aromatic rings. The normalized spacial score (nSPS) is 36.3. The van der Waals surface area contributed by atoms with Gasteiger partial charge < -0.3 is 5.32 Å². The van der Waals surface area contributed by atoms with Crippen LogP contribution in [0.5, 0.6) is 0 Å². The molecule has 0 aromatic heterocycles. The molecule has 1 N–H and O–H groups in total. The first kappa shape index (κ1) is 14.4. The van der Waals surface area contributed by atoms with E-state index in [1.807, 2.05) is 0 Å². The monoisotopic (exact) mass is 251 g/mol. The van der Waals surface area contributed by atoms with Gasteiger partial charge in [-0.25, -0.2) is 0 Å². The molecular formula is C17H33N. The second kappa shape index (κ2) is 6.41. The summed E-state index contributed by atoms with van der Waals surface area (Å²) in [5, 5.41) is 3.90. The van der Waals surface area contributed by atoms with Gasteiger partial charge in [-0.15, -0.1) is 0 Å². The summed E-state index contributed by atoms with van der Waals surface area (Å²) in [5.41, 5.74) is 0. The van der Waals surface area contributed by atoms with Crippen LogP contribution in [-0.2, 0) is 0 Å². The minimum Gasteiger partial charge on any atom is -0.313 e. The quantitative estimate of drug-likeness (QED) is 0.734. The minimum absolute atomic E-state index is 0.799. The molecule has 0 amide bonds. The van der Waals surface area contributed by atoms with Gasteiger partial charge >= 0.3 is 0 Å². The van der Waals surface area contributed by atoms with E-state index in [0.717, 1.165) is 35.6 Å². The number of hydrogen-bond acceptors (Lipinski definition) is 1. The Morgan fingerprint density at radius 2 is 1.67 bits per heavy atom. The van der Waals surface area contributed by atoms with Crippen LogP contribution >= 0.6 is 0 Å². The Bertz CT molecular complexity index is 246. The van der Waals surface area contributed by atoms with Gasteiger partial charge in [0, 0.05) is 6.04 Å². The third-order valence-corrected chi connectivity index (χ3v) is 5.71. The second-order valence-corrected chi connectivity index (χ2v) is 7.20. The van der Waals surface area contributed by atoms with Crippen molar-refractivity contribution in [3.8, 4) is 0 Å². The van der Waals surface area contributed by atoms with Gasteiger partial charge in [0.15, 0.2) is 0 Å². The second-order valence-electron chi connectivity index (χ2n) is 7.20. The van der Waals surface area contributed by atoms with Crippen LogP contribution in [0.3, 0.4) is 0 Å².